The lowest BCUT2D eigenvalue weighted by Crippen LogP contribution is -2.11. The number of aromatic nitrogens is 1. The van der Waals surface area contributed by atoms with Gasteiger partial charge in [-0.15, -0.1) is 0 Å². The van der Waals surface area contributed by atoms with Crippen LogP contribution in [-0.2, 0) is 9.47 Å². The summed E-state index contributed by atoms with van der Waals surface area (Å²) >= 11 is 0. The first-order valence-electron chi connectivity index (χ1n) is 7.78. The Hall–Kier alpha value is -3.99. The van der Waals surface area contributed by atoms with Gasteiger partial charge in [-0.2, -0.15) is 5.26 Å². The summed E-state index contributed by atoms with van der Waals surface area (Å²) in [7, 11) is 2.50. The zero-order valence-corrected chi connectivity index (χ0v) is 14.6. The Morgan fingerprint density at radius 3 is 2.56 bits per heavy atom. The number of nitriles is 1. The maximum atomic E-state index is 12.1. The molecule has 0 spiro atoms. The second-order valence-corrected chi connectivity index (χ2v) is 5.48. The molecule has 3 rings (SSSR count). The molecule has 0 bridgehead atoms. The number of benzene rings is 1. The van der Waals surface area contributed by atoms with Crippen molar-refractivity contribution in [1.29, 1.82) is 5.26 Å². The van der Waals surface area contributed by atoms with E-state index in [1.807, 2.05) is 6.07 Å². The van der Waals surface area contributed by atoms with E-state index in [4.69, 9.17) is 14.9 Å². The van der Waals surface area contributed by atoms with Crippen LogP contribution in [0.2, 0.25) is 0 Å². The van der Waals surface area contributed by atoms with Crippen LogP contribution in [0.5, 0.6) is 0 Å². The normalized spacial score (nSPS) is 10.3. The van der Waals surface area contributed by atoms with Gasteiger partial charge in [0.05, 0.1) is 25.5 Å². The van der Waals surface area contributed by atoms with Crippen molar-refractivity contribution in [3.63, 3.8) is 0 Å². The van der Waals surface area contributed by atoms with E-state index in [0.29, 0.717) is 17.0 Å². The molecule has 0 saturated heterocycles. The molecule has 8 heteroatoms. The predicted molar refractivity (Wildman–Crippen MR) is 95.3 cm³/mol. The van der Waals surface area contributed by atoms with Gasteiger partial charge in [0.15, 0.2) is 5.69 Å². The van der Waals surface area contributed by atoms with Gasteiger partial charge in [-0.05, 0) is 24.3 Å². The van der Waals surface area contributed by atoms with Gasteiger partial charge in [0, 0.05) is 17.4 Å². The lowest BCUT2D eigenvalue weighted by molar-refractivity contribution is 0.0563. The third-order valence-electron chi connectivity index (χ3n) is 3.95. The molecule has 1 aromatic carbocycles. The maximum Gasteiger partial charge on any atom is 0.373 e. The van der Waals surface area contributed by atoms with E-state index in [1.165, 1.54) is 31.0 Å². The number of esters is 2. The molecular weight excluding hydrogens is 350 g/mol. The number of furan rings is 1. The number of methoxy groups -OCH3 is 2. The Morgan fingerprint density at radius 2 is 1.89 bits per heavy atom. The summed E-state index contributed by atoms with van der Waals surface area (Å²) < 4.78 is 16.4. The SMILES string of the molecule is COC(=O)c1ccc(-c2cccc(-n3cc(C#N)c(N)c3C(=O)OC)c2)o1. The van der Waals surface area contributed by atoms with Gasteiger partial charge in [-0.3, -0.25) is 0 Å². The van der Waals surface area contributed by atoms with Crippen molar-refractivity contribution in [2.45, 2.75) is 0 Å². The number of carbonyl (C=O) groups is 2. The van der Waals surface area contributed by atoms with E-state index in [-0.39, 0.29) is 22.7 Å². The number of nitrogens with zero attached hydrogens (tertiary/aromatic N) is 2. The summed E-state index contributed by atoms with van der Waals surface area (Å²) in [4.78, 5) is 23.7. The van der Waals surface area contributed by atoms with Gasteiger partial charge in [0.25, 0.3) is 0 Å². The molecule has 0 amide bonds. The topological polar surface area (TPSA) is 120 Å². The van der Waals surface area contributed by atoms with Crippen molar-refractivity contribution in [2.75, 3.05) is 20.0 Å². The minimum Gasteiger partial charge on any atom is -0.464 e. The number of rotatable bonds is 4. The summed E-state index contributed by atoms with van der Waals surface area (Å²) in [6.45, 7) is 0. The molecule has 136 valence electrons. The number of nitrogen functional groups attached to an aromatic ring is 1. The maximum absolute atomic E-state index is 12.1. The van der Waals surface area contributed by atoms with Crippen LogP contribution in [0.25, 0.3) is 17.0 Å². The number of anilines is 1. The van der Waals surface area contributed by atoms with Gasteiger partial charge in [-0.1, -0.05) is 12.1 Å². The number of hydrogen-bond acceptors (Lipinski definition) is 7. The molecule has 2 N–H and O–H groups in total. The van der Waals surface area contributed by atoms with E-state index in [2.05, 4.69) is 4.74 Å². The molecule has 0 atom stereocenters. The largest absolute Gasteiger partial charge is 0.464 e. The van der Waals surface area contributed by atoms with Crippen molar-refractivity contribution in [3.8, 4) is 23.1 Å². The highest BCUT2D eigenvalue weighted by Crippen LogP contribution is 2.28. The third kappa shape index (κ3) is 3.14. The summed E-state index contributed by atoms with van der Waals surface area (Å²) in [5.74, 6) is -0.727. The minimum atomic E-state index is -0.662. The van der Waals surface area contributed by atoms with E-state index in [1.54, 1.807) is 30.3 Å². The van der Waals surface area contributed by atoms with Crippen LogP contribution in [0.1, 0.15) is 26.6 Å². The van der Waals surface area contributed by atoms with Crippen LogP contribution in [0, 0.1) is 11.3 Å². The first-order valence-corrected chi connectivity index (χ1v) is 7.78. The molecule has 0 aliphatic heterocycles. The molecule has 0 saturated carbocycles. The fraction of sp³-hybridized carbons (Fsp3) is 0.105. The van der Waals surface area contributed by atoms with E-state index in [0.717, 1.165) is 0 Å². The number of ether oxygens (including phenoxy) is 2. The Bertz CT molecular complexity index is 1070. The molecule has 3 aromatic rings. The molecule has 8 nitrogen and oxygen atoms in total. The standard InChI is InChI=1S/C19H15N3O5/c1-25-18(23)15-7-6-14(27-15)11-4-3-5-13(8-11)22-10-12(9-20)16(21)17(22)19(24)26-2/h3-8,10H,21H2,1-2H3. The van der Waals surface area contributed by atoms with Crippen molar-refractivity contribution in [1.82, 2.24) is 4.57 Å². The number of hydrogen-bond donors (Lipinski definition) is 1. The van der Waals surface area contributed by atoms with Gasteiger partial charge < -0.3 is 24.2 Å². The lowest BCUT2D eigenvalue weighted by Gasteiger charge is -2.09. The second kappa shape index (κ2) is 7.09. The minimum absolute atomic E-state index is 0.0423. The van der Waals surface area contributed by atoms with E-state index < -0.39 is 11.9 Å². The molecule has 2 heterocycles. The fourth-order valence-electron chi connectivity index (χ4n) is 2.63. The van der Waals surface area contributed by atoms with Crippen LogP contribution in [0.3, 0.4) is 0 Å². The highest BCUT2D eigenvalue weighted by atomic mass is 16.5. The highest BCUT2D eigenvalue weighted by molar-refractivity contribution is 5.96. The van der Waals surface area contributed by atoms with Crippen LogP contribution in [-0.4, -0.2) is 30.7 Å². The molecule has 0 aliphatic carbocycles. The summed E-state index contributed by atoms with van der Waals surface area (Å²) in [6, 6.07) is 12.1. The molecule has 2 aromatic heterocycles. The first kappa shape index (κ1) is 17.8. The quantitative estimate of drug-likeness (QED) is 0.706. The van der Waals surface area contributed by atoms with Crippen LogP contribution >= 0.6 is 0 Å². The monoisotopic (exact) mass is 365 g/mol. The van der Waals surface area contributed by atoms with Crippen LogP contribution < -0.4 is 5.73 Å². The van der Waals surface area contributed by atoms with Gasteiger partial charge >= 0.3 is 11.9 Å². The van der Waals surface area contributed by atoms with Crippen LogP contribution in [0.4, 0.5) is 5.69 Å². The second-order valence-electron chi connectivity index (χ2n) is 5.48. The zero-order valence-electron chi connectivity index (χ0n) is 14.6. The van der Waals surface area contributed by atoms with Gasteiger partial charge in [-0.25, -0.2) is 9.59 Å². The van der Waals surface area contributed by atoms with Crippen molar-refractivity contribution in [3.05, 3.63) is 59.6 Å². The molecule has 0 fully saturated rings. The average Bonchev–Trinajstić information content (AvgIpc) is 3.32. The third-order valence-corrected chi connectivity index (χ3v) is 3.95. The van der Waals surface area contributed by atoms with E-state index in [9.17, 15) is 14.9 Å². The fourth-order valence-corrected chi connectivity index (χ4v) is 2.63. The zero-order chi connectivity index (χ0) is 19.6. The predicted octanol–water partition coefficient (Wildman–Crippen LogP) is 2.76. The molecule has 27 heavy (non-hydrogen) atoms. The Balaban J connectivity index is 2.09. The van der Waals surface area contributed by atoms with Crippen molar-refractivity contribution >= 4 is 17.6 Å². The van der Waals surface area contributed by atoms with Gasteiger partial charge in [0.1, 0.15) is 11.8 Å². The first-order chi connectivity index (χ1) is 13.0. The number of nitrogens with two attached hydrogens (primary N) is 1. The van der Waals surface area contributed by atoms with Crippen molar-refractivity contribution in [2.24, 2.45) is 0 Å². The lowest BCUT2D eigenvalue weighted by atomic mass is 10.1. The molecule has 0 aliphatic rings. The Kier molecular flexibility index (Phi) is 4.68. The molecule has 0 radical (unpaired) electrons. The number of carbonyl (C=O) groups excluding carboxylic acids is 2. The van der Waals surface area contributed by atoms with Crippen molar-refractivity contribution < 1.29 is 23.5 Å². The average molecular weight is 365 g/mol. The summed E-state index contributed by atoms with van der Waals surface area (Å²) in [5.41, 5.74) is 7.40. The van der Waals surface area contributed by atoms with E-state index >= 15 is 0 Å². The summed E-state index contributed by atoms with van der Waals surface area (Å²) in [6.07, 6.45) is 1.46. The molecular formula is C19H15N3O5. The summed E-state index contributed by atoms with van der Waals surface area (Å²) in [5, 5.41) is 9.21. The van der Waals surface area contributed by atoms with Gasteiger partial charge in [0.2, 0.25) is 5.76 Å². The van der Waals surface area contributed by atoms with Crippen LogP contribution in [0.15, 0.2) is 47.0 Å². The highest BCUT2D eigenvalue weighted by Gasteiger charge is 2.22. The molecule has 0 unspecified atom stereocenters. The Labute approximate surface area is 154 Å². The smallest absolute Gasteiger partial charge is 0.373 e. The Morgan fingerprint density at radius 1 is 1.15 bits per heavy atom.